The molecule has 5 heteroatoms. The van der Waals surface area contributed by atoms with E-state index < -0.39 is 24.5 Å². The molecular formula is C16H17NO4. The number of hydrogen-bond acceptors (Lipinski definition) is 4. The second-order valence-corrected chi connectivity index (χ2v) is 4.64. The van der Waals surface area contributed by atoms with Crippen molar-refractivity contribution in [1.82, 2.24) is 5.32 Å². The van der Waals surface area contributed by atoms with Crippen molar-refractivity contribution in [3.05, 3.63) is 48.0 Å². The molecule has 0 saturated heterocycles. The van der Waals surface area contributed by atoms with Crippen molar-refractivity contribution in [2.75, 3.05) is 13.7 Å². The fourth-order valence-corrected chi connectivity index (χ4v) is 2.27. The zero-order chi connectivity index (χ0) is 15.2. The van der Waals surface area contributed by atoms with E-state index in [0.717, 1.165) is 16.3 Å². The van der Waals surface area contributed by atoms with Crippen molar-refractivity contribution in [1.29, 1.82) is 0 Å². The Morgan fingerprint density at radius 3 is 2.62 bits per heavy atom. The van der Waals surface area contributed by atoms with E-state index in [1.54, 1.807) is 0 Å². The average Bonchev–Trinajstić information content (AvgIpc) is 2.53. The molecule has 2 aromatic rings. The van der Waals surface area contributed by atoms with Gasteiger partial charge in [0.1, 0.15) is 12.6 Å². The molecule has 0 aromatic heterocycles. The molecule has 2 aromatic carbocycles. The lowest BCUT2D eigenvalue weighted by molar-refractivity contribution is -0.145. The lowest BCUT2D eigenvalue weighted by atomic mass is 9.99. The summed E-state index contributed by atoms with van der Waals surface area (Å²) in [6.07, 6.45) is 0.305. The van der Waals surface area contributed by atoms with Gasteiger partial charge in [-0.3, -0.25) is 4.79 Å². The molecule has 110 valence electrons. The van der Waals surface area contributed by atoms with E-state index in [1.807, 2.05) is 42.5 Å². The van der Waals surface area contributed by atoms with Gasteiger partial charge in [-0.25, -0.2) is 4.79 Å². The van der Waals surface area contributed by atoms with E-state index in [9.17, 15) is 9.59 Å². The highest BCUT2D eigenvalue weighted by atomic mass is 16.5. The van der Waals surface area contributed by atoms with Crippen LogP contribution in [0.5, 0.6) is 0 Å². The zero-order valence-electron chi connectivity index (χ0n) is 11.7. The third-order valence-corrected chi connectivity index (χ3v) is 3.27. The molecule has 21 heavy (non-hydrogen) atoms. The fourth-order valence-electron chi connectivity index (χ4n) is 2.27. The Kier molecular flexibility index (Phi) is 4.90. The monoisotopic (exact) mass is 287 g/mol. The van der Waals surface area contributed by atoms with Crippen molar-refractivity contribution < 1.29 is 19.4 Å². The van der Waals surface area contributed by atoms with Gasteiger partial charge in [0.15, 0.2) is 0 Å². The molecule has 2 rings (SSSR count). The van der Waals surface area contributed by atoms with Crippen molar-refractivity contribution in [2.45, 2.75) is 12.5 Å². The average molecular weight is 287 g/mol. The molecule has 0 unspecified atom stereocenters. The Morgan fingerprint density at radius 2 is 1.90 bits per heavy atom. The quantitative estimate of drug-likeness (QED) is 0.805. The molecule has 5 nitrogen and oxygen atoms in total. The van der Waals surface area contributed by atoms with E-state index in [0.29, 0.717) is 6.42 Å². The highest BCUT2D eigenvalue weighted by Crippen LogP contribution is 2.20. The van der Waals surface area contributed by atoms with Gasteiger partial charge in [-0.05, 0) is 16.3 Å². The maximum Gasteiger partial charge on any atom is 0.328 e. The molecule has 0 fully saturated rings. The first-order valence-corrected chi connectivity index (χ1v) is 6.60. The molecular weight excluding hydrogens is 270 g/mol. The maximum absolute atomic E-state index is 11.8. The van der Waals surface area contributed by atoms with Crippen LogP contribution in [0.3, 0.4) is 0 Å². The van der Waals surface area contributed by atoms with Crippen LogP contribution in [0.15, 0.2) is 42.5 Å². The van der Waals surface area contributed by atoms with Gasteiger partial charge in [0.25, 0.3) is 0 Å². The van der Waals surface area contributed by atoms with Gasteiger partial charge in [-0.1, -0.05) is 42.5 Å². The minimum atomic E-state index is -0.819. The smallest absolute Gasteiger partial charge is 0.328 e. The number of aliphatic hydroxyl groups excluding tert-OH is 1. The molecule has 0 spiro atoms. The summed E-state index contributed by atoms with van der Waals surface area (Å²) in [5.41, 5.74) is 0.932. The summed E-state index contributed by atoms with van der Waals surface area (Å²) in [6.45, 7) is -0.664. The molecule has 0 saturated carbocycles. The SMILES string of the molecule is COC(=O)[C@@H](Cc1cccc2ccccc12)NC(=O)CO. The Morgan fingerprint density at radius 1 is 1.19 bits per heavy atom. The number of benzene rings is 2. The minimum absolute atomic E-state index is 0.305. The Labute approximate surface area is 122 Å². The van der Waals surface area contributed by atoms with Crippen molar-refractivity contribution >= 4 is 22.6 Å². The summed E-state index contributed by atoms with van der Waals surface area (Å²) in [4.78, 5) is 23.1. The number of ether oxygens (including phenoxy) is 1. The number of aliphatic hydroxyl groups is 1. The topological polar surface area (TPSA) is 75.6 Å². The van der Waals surface area contributed by atoms with Crippen LogP contribution in [0.1, 0.15) is 5.56 Å². The van der Waals surface area contributed by atoms with Crippen LogP contribution in [0.2, 0.25) is 0 Å². The molecule has 2 N–H and O–H groups in total. The number of methoxy groups -OCH3 is 1. The molecule has 0 aliphatic carbocycles. The van der Waals surface area contributed by atoms with Crippen LogP contribution >= 0.6 is 0 Å². The number of carbonyl (C=O) groups excluding carboxylic acids is 2. The minimum Gasteiger partial charge on any atom is -0.467 e. The van der Waals surface area contributed by atoms with Gasteiger partial charge in [0, 0.05) is 6.42 Å². The summed E-state index contributed by atoms with van der Waals surface area (Å²) >= 11 is 0. The third-order valence-electron chi connectivity index (χ3n) is 3.27. The van der Waals surface area contributed by atoms with Gasteiger partial charge in [0.2, 0.25) is 5.91 Å². The third kappa shape index (κ3) is 3.58. The second kappa shape index (κ2) is 6.85. The number of amides is 1. The van der Waals surface area contributed by atoms with Crippen LogP contribution in [0.25, 0.3) is 10.8 Å². The van der Waals surface area contributed by atoms with Crippen molar-refractivity contribution in [3.63, 3.8) is 0 Å². The van der Waals surface area contributed by atoms with E-state index in [1.165, 1.54) is 7.11 Å². The van der Waals surface area contributed by atoms with Gasteiger partial charge in [-0.15, -0.1) is 0 Å². The van der Waals surface area contributed by atoms with Crippen molar-refractivity contribution in [2.24, 2.45) is 0 Å². The Hall–Kier alpha value is -2.40. The molecule has 0 aliphatic rings. The summed E-state index contributed by atoms with van der Waals surface area (Å²) in [5, 5.41) is 13.4. The molecule has 0 bridgehead atoms. The predicted molar refractivity (Wildman–Crippen MR) is 78.7 cm³/mol. The van der Waals surface area contributed by atoms with Crippen LogP contribution in [-0.4, -0.2) is 36.7 Å². The molecule has 0 heterocycles. The van der Waals surface area contributed by atoms with Gasteiger partial charge < -0.3 is 15.2 Å². The fraction of sp³-hybridized carbons (Fsp3) is 0.250. The molecule has 0 radical (unpaired) electrons. The normalized spacial score (nSPS) is 11.9. The molecule has 1 atom stereocenters. The lowest BCUT2D eigenvalue weighted by Gasteiger charge is -2.17. The molecule has 1 amide bonds. The molecule has 0 aliphatic heterocycles. The van der Waals surface area contributed by atoms with E-state index >= 15 is 0 Å². The van der Waals surface area contributed by atoms with Crippen LogP contribution in [0, 0.1) is 0 Å². The number of nitrogens with one attached hydrogen (secondary N) is 1. The number of rotatable bonds is 5. The maximum atomic E-state index is 11.8. The Bertz CT molecular complexity index is 648. The van der Waals surface area contributed by atoms with E-state index in [-0.39, 0.29) is 0 Å². The van der Waals surface area contributed by atoms with Crippen LogP contribution < -0.4 is 5.32 Å². The standard InChI is InChI=1S/C16H17NO4/c1-21-16(20)14(17-15(19)10-18)9-12-7-4-6-11-5-2-3-8-13(11)12/h2-8,14,18H,9-10H2,1H3,(H,17,19)/t14-/m1/s1. The summed E-state index contributed by atoms with van der Waals surface area (Å²) < 4.78 is 4.71. The highest BCUT2D eigenvalue weighted by molar-refractivity contribution is 5.88. The Balaban J connectivity index is 2.30. The second-order valence-electron chi connectivity index (χ2n) is 4.64. The van der Waals surface area contributed by atoms with E-state index in [4.69, 9.17) is 9.84 Å². The largest absolute Gasteiger partial charge is 0.467 e. The predicted octanol–water partition coefficient (Wildman–Crippen LogP) is 1.03. The first-order chi connectivity index (χ1) is 10.2. The first kappa shape index (κ1) is 15.0. The summed E-state index contributed by atoms with van der Waals surface area (Å²) in [5.74, 6) is -1.14. The number of hydrogen-bond donors (Lipinski definition) is 2. The van der Waals surface area contributed by atoms with Crippen LogP contribution in [0.4, 0.5) is 0 Å². The van der Waals surface area contributed by atoms with Crippen molar-refractivity contribution in [3.8, 4) is 0 Å². The van der Waals surface area contributed by atoms with E-state index in [2.05, 4.69) is 5.32 Å². The van der Waals surface area contributed by atoms with Gasteiger partial charge in [0.05, 0.1) is 7.11 Å². The lowest BCUT2D eigenvalue weighted by Crippen LogP contribution is -2.44. The summed E-state index contributed by atoms with van der Waals surface area (Å²) in [6, 6.07) is 12.8. The van der Waals surface area contributed by atoms with Crippen LogP contribution in [-0.2, 0) is 20.7 Å². The number of fused-ring (bicyclic) bond motifs is 1. The zero-order valence-corrected chi connectivity index (χ0v) is 11.7. The number of carbonyl (C=O) groups is 2. The highest BCUT2D eigenvalue weighted by Gasteiger charge is 2.22. The van der Waals surface area contributed by atoms with Gasteiger partial charge in [-0.2, -0.15) is 0 Å². The van der Waals surface area contributed by atoms with Gasteiger partial charge >= 0.3 is 5.97 Å². The number of esters is 1. The first-order valence-electron chi connectivity index (χ1n) is 6.60. The summed E-state index contributed by atoms with van der Waals surface area (Å²) in [7, 11) is 1.27.